The van der Waals surface area contributed by atoms with Crippen molar-refractivity contribution in [2.75, 3.05) is 11.4 Å². The smallest absolute Gasteiger partial charge is 0.231 e. The van der Waals surface area contributed by atoms with Gasteiger partial charge in [0.1, 0.15) is 0 Å². The third-order valence-electron chi connectivity index (χ3n) is 3.43. The predicted octanol–water partition coefficient (Wildman–Crippen LogP) is 3.13. The summed E-state index contributed by atoms with van der Waals surface area (Å²) in [6.07, 6.45) is 1.36. The molecule has 0 radical (unpaired) electrons. The van der Waals surface area contributed by atoms with E-state index in [1.54, 1.807) is 0 Å². The van der Waals surface area contributed by atoms with Gasteiger partial charge < -0.3 is 10.6 Å². The van der Waals surface area contributed by atoms with E-state index in [1.807, 2.05) is 59.5 Å². The Morgan fingerprint density at radius 3 is 2.24 bits per heavy atom. The SMILES string of the molecule is CCCN(C(=O)Cc1ccccc1)c1ccc(CN)cc1. The number of carbonyl (C=O) groups is 1. The lowest BCUT2D eigenvalue weighted by molar-refractivity contribution is -0.118. The van der Waals surface area contributed by atoms with Crippen molar-refractivity contribution in [1.29, 1.82) is 0 Å². The third kappa shape index (κ3) is 4.17. The molecule has 2 N–H and O–H groups in total. The fourth-order valence-electron chi connectivity index (χ4n) is 2.30. The van der Waals surface area contributed by atoms with Crippen LogP contribution >= 0.6 is 0 Å². The highest BCUT2D eigenvalue weighted by molar-refractivity contribution is 5.94. The van der Waals surface area contributed by atoms with Crippen molar-refractivity contribution >= 4 is 11.6 Å². The van der Waals surface area contributed by atoms with E-state index >= 15 is 0 Å². The van der Waals surface area contributed by atoms with Crippen LogP contribution in [0.3, 0.4) is 0 Å². The first-order chi connectivity index (χ1) is 10.2. The second-order valence-electron chi connectivity index (χ2n) is 5.08. The molecule has 0 aliphatic heterocycles. The standard InChI is InChI=1S/C18H22N2O/c1-2-12-20(17-10-8-16(14-19)9-11-17)18(21)13-15-6-4-3-5-7-15/h3-11H,2,12-14,19H2,1H3. The third-order valence-corrected chi connectivity index (χ3v) is 3.43. The molecule has 3 nitrogen and oxygen atoms in total. The minimum Gasteiger partial charge on any atom is -0.326 e. The summed E-state index contributed by atoms with van der Waals surface area (Å²) in [5.41, 5.74) is 8.67. The minimum absolute atomic E-state index is 0.128. The summed E-state index contributed by atoms with van der Waals surface area (Å²) in [4.78, 5) is 14.4. The zero-order valence-electron chi connectivity index (χ0n) is 12.5. The summed E-state index contributed by atoms with van der Waals surface area (Å²) < 4.78 is 0. The Bertz CT molecular complexity index is 564. The highest BCUT2D eigenvalue weighted by Gasteiger charge is 2.15. The number of nitrogens with two attached hydrogens (primary N) is 1. The van der Waals surface area contributed by atoms with E-state index in [9.17, 15) is 4.79 Å². The molecule has 0 bridgehead atoms. The Morgan fingerprint density at radius 2 is 1.67 bits per heavy atom. The molecule has 0 unspecified atom stereocenters. The summed E-state index contributed by atoms with van der Waals surface area (Å²) >= 11 is 0. The first-order valence-corrected chi connectivity index (χ1v) is 7.38. The van der Waals surface area contributed by atoms with Crippen LogP contribution in [-0.4, -0.2) is 12.5 Å². The maximum Gasteiger partial charge on any atom is 0.231 e. The van der Waals surface area contributed by atoms with Crippen molar-refractivity contribution < 1.29 is 4.79 Å². The Balaban J connectivity index is 2.15. The average molecular weight is 282 g/mol. The fraction of sp³-hybridized carbons (Fsp3) is 0.278. The molecule has 0 saturated heterocycles. The molecule has 0 aliphatic rings. The largest absolute Gasteiger partial charge is 0.326 e. The Labute approximate surface area is 126 Å². The van der Waals surface area contributed by atoms with Gasteiger partial charge in [-0.15, -0.1) is 0 Å². The van der Waals surface area contributed by atoms with Crippen molar-refractivity contribution in [3.63, 3.8) is 0 Å². The van der Waals surface area contributed by atoms with E-state index in [-0.39, 0.29) is 5.91 Å². The molecular formula is C18H22N2O. The molecule has 2 aromatic rings. The van der Waals surface area contributed by atoms with Crippen molar-refractivity contribution in [2.45, 2.75) is 26.3 Å². The number of nitrogens with zero attached hydrogens (tertiary/aromatic N) is 1. The highest BCUT2D eigenvalue weighted by Crippen LogP contribution is 2.17. The van der Waals surface area contributed by atoms with Crippen LogP contribution in [0.2, 0.25) is 0 Å². The van der Waals surface area contributed by atoms with E-state index in [0.29, 0.717) is 13.0 Å². The quantitative estimate of drug-likeness (QED) is 0.884. The molecule has 0 spiro atoms. The number of hydrogen-bond acceptors (Lipinski definition) is 2. The maximum atomic E-state index is 12.6. The lowest BCUT2D eigenvalue weighted by Crippen LogP contribution is -2.33. The molecule has 0 aromatic heterocycles. The number of rotatable bonds is 6. The van der Waals surface area contributed by atoms with Crippen LogP contribution in [0.5, 0.6) is 0 Å². The maximum absolute atomic E-state index is 12.6. The molecule has 0 fully saturated rings. The van der Waals surface area contributed by atoms with Gasteiger partial charge in [0.15, 0.2) is 0 Å². The van der Waals surface area contributed by atoms with Gasteiger partial charge in [-0.2, -0.15) is 0 Å². The van der Waals surface area contributed by atoms with Crippen LogP contribution in [0.1, 0.15) is 24.5 Å². The number of carbonyl (C=O) groups excluding carboxylic acids is 1. The molecular weight excluding hydrogens is 260 g/mol. The molecule has 0 aliphatic carbocycles. The lowest BCUT2D eigenvalue weighted by Gasteiger charge is -2.22. The summed E-state index contributed by atoms with van der Waals surface area (Å²) in [6.45, 7) is 3.33. The number of anilines is 1. The highest BCUT2D eigenvalue weighted by atomic mass is 16.2. The zero-order valence-corrected chi connectivity index (χ0v) is 12.5. The second-order valence-corrected chi connectivity index (χ2v) is 5.08. The van der Waals surface area contributed by atoms with E-state index in [4.69, 9.17) is 5.73 Å². The number of hydrogen-bond donors (Lipinski definition) is 1. The molecule has 0 saturated carbocycles. The fourth-order valence-corrected chi connectivity index (χ4v) is 2.30. The minimum atomic E-state index is 0.128. The zero-order chi connectivity index (χ0) is 15.1. The van der Waals surface area contributed by atoms with E-state index in [0.717, 1.165) is 29.8 Å². The summed E-state index contributed by atoms with van der Waals surface area (Å²) in [6, 6.07) is 17.8. The van der Waals surface area contributed by atoms with E-state index in [1.165, 1.54) is 0 Å². The Morgan fingerprint density at radius 1 is 1.00 bits per heavy atom. The van der Waals surface area contributed by atoms with Crippen molar-refractivity contribution in [3.05, 3.63) is 65.7 Å². The summed E-state index contributed by atoms with van der Waals surface area (Å²) in [5.74, 6) is 0.128. The van der Waals surface area contributed by atoms with E-state index in [2.05, 4.69) is 6.92 Å². The molecule has 2 rings (SSSR count). The van der Waals surface area contributed by atoms with Gasteiger partial charge in [0.05, 0.1) is 6.42 Å². The van der Waals surface area contributed by atoms with Crippen LogP contribution < -0.4 is 10.6 Å². The normalized spacial score (nSPS) is 10.4. The molecule has 110 valence electrons. The first-order valence-electron chi connectivity index (χ1n) is 7.38. The second kappa shape index (κ2) is 7.60. The number of amides is 1. The summed E-state index contributed by atoms with van der Waals surface area (Å²) in [7, 11) is 0. The van der Waals surface area contributed by atoms with Gasteiger partial charge in [-0.1, -0.05) is 49.4 Å². The monoisotopic (exact) mass is 282 g/mol. The Kier molecular flexibility index (Phi) is 5.52. The lowest BCUT2D eigenvalue weighted by atomic mass is 10.1. The molecule has 0 atom stereocenters. The van der Waals surface area contributed by atoms with Crippen molar-refractivity contribution in [1.82, 2.24) is 0 Å². The average Bonchev–Trinajstić information content (AvgIpc) is 2.53. The van der Waals surface area contributed by atoms with Gasteiger partial charge in [0.2, 0.25) is 5.91 Å². The predicted molar refractivity (Wildman–Crippen MR) is 87.1 cm³/mol. The van der Waals surface area contributed by atoms with Crippen LogP contribution in [0.15, 0.2) is 54.6 Å². The van der Waals surface area contributed by atoms with Gasteiger partial charge >= 0.3 is 0 Å². The van der Waals surface area contributed by atoms with Gasteiger partial charge in [0.25, 0.3) is 0 Å². The van der Waals surface area contributed by atoms with E-state index < -0.39 is 0 Å². The molecule has 0 heterocycles. The van der Waals surface area contributed by atoms with Crippen LogP contribution in [0.4, 0.5) is 5.69 Å². The topological polar surface area (TPSA) is 46.3 Å². The van der Waals surface area contributed by atoms with Gasteiger partial charge in [-0.25, -0.2) is 0 Å². The molecule has 2 aromatic carbocycles. The van der Waals surface area contributed by atoms with Gasteiger partial charge in [-0.3, -0.25) is 4.79 Å². The van der Waals surface area contributed by atoms with Gasteiger partial charge in [-0.05, 0) is 29.7 Å². The first kappa shape index (κ1) is 15.3. The van der Waals surface area contributed by atoms with Crippen molar-refractivity contribution in [2.24, 2.45) is 5.73 Å². The van der Waals surface area contributed by atoms with Crippen molar-refractivity contribution in [3.8, 4) is 0 Å². The van der Waals surface area contributed by atoms with Crippen LogP contribution in [0.25, 0.3) is 0 Å². The summed E-state index contributed by atoms with van der Waals surface area (Å²) in [5, 5.41) is 0. The molecule has 3 heteroatoms. The van der Waals surface area contributed by atoms with Crippen LogP contribution in [-0.2, 0) is 17.8 Å². The molecule has 21 heavy (non-hydrogen) atoms. The number of benzene rings is 2. The Hall–Kier alpha value is -2.13. The van der Waals surface area contributed by atoms with Gasteiger partial charge in [0, 0.05) is 18.8 Å². The van der Waals surface area contributed by atoms with Crippen LogP contribution in [0, 0.1) is 0 Å². The molecule has 1 amide bonds.